The molecule has 0 amide bonds. The van der Waals surface area contributed by atoms with Crippen molar-refractivity contribution in [2.45, 2.75) is 25.8 Å². The highest BCUT2D eigenvalue weighted by atomic mass is 15.3. The van der Waals surface area contributed by atoms with Crippen molar-refractivity contribution in [3.05, 3.63) is 66.0 Å². The van der Waals surface area contributed by atoms with Gasteiger partial charge in [-0.3, -0.25) is 9.88 Å². The molecule has 122 valence electrons. The Kier molecular flexibility index (Phi) is 5.78. The number of hydrogen-bond acceptors (Lipinski definition) is 3. The topological polar surface area (TPSA) is 19.4 Å². The van der Waals surface area contributed by atoms with Crippen LogP contribution in [0.3, 0.4) is 0 Å². The molecule has 1 saturated heterocycles. The molecule has 1 aromatic heterocycles. The largest absolute Gasteiger partial charge is 0.301 e. The summed E-state index contributed by atoms with van der Waals surface area (Å²) >= 11 is 0. The lowest BCUT2D eigenvalue weighted by atomic mass is 9.97. The molecule has 3 rings (SSSR count). The molecule has 0 saturated carbocycles. The van der Waals surface area contributed by atoms with Crippen LogP contribution in [-0.4, -0.2) is 47.5 Å². The molecule has 0 N–H and O–H groups in total. The Labute approximate surface area is 140 Å². The fourth-order valence-corrected chi connectivity index (χ4v) is 3.22. The van der Waals surface area contributed by atoms with Crippen LogP contribution in [0.1, 0.15) is 30.5 Å². The second kappa shape index (κ2) is 8.23. The van der Waals surface area contributed by atoms with Gasteiger partial charge in [0.15, 0.2) is 0 Å². The van der Waals surface area contributed by atoms with Crippen molar-refractivity contribution < 1.29 is 0 Å². The summed E-state index contributed by atoms with van der Waals surface area (Å²) in [5.41, 5.74) is 2.64. The average molecular weight is 309 g/mol. The normalized spacial score (nSPS) is 18.0. The Morgan fingerprint density at radius 1 is 0.913 bits per heavy atom. The molecule has 1 aliphatic heterocycles. The number of benzene rings is 1. The third kappa shape index (κ3) is 4.88. The van der Waals surface area contributed by atoms with Crippen molar-refractivity contribution in [1.82, 2.24) is 14.8 Å². The Hall–Kier alpha value is -1.71. The first-order valence-corrected chi connectivity index (χ1v) is 8.71. The van der Waals surface area contributed by atoms with E-state index in [1.807, 2.05) is 12.3 Å². The summed E-state index contributed by atoms with van der Waals surface area (Å²) in [6.07, 6.45) is 3.13. The lowest BCUT2D eigenvalue weighted by molar-refractivity contribution is 0.123. The Morgan fingerprint density at radius 2 is 1.61 bits per heavy atom. The van der Waals surface area contributed by atoms with E-state index in [9.17, 15) is 0 Å². The van der Waals surface area contributed by atoms with E-state index in [2.05, 4.69) is 64.2 Å². The van der Waals surface area contributed by atoms with Crippen LogP contribution < -0.4 is 0 Å². The molecule has 0 unspecified atom stereocenters. The average Bonchev–Trinajstić information content (AvgIpc) is 2.62. The summed E-state index contributed by atoms with van der Waals surface area (Å²) in [7, 11) is 0. The summed E-state index contributed by atoms with van der Waals surface area (Å²) in [6, 6.07) is 17.0. The van der Waals surface area contributed by atoms with E-state index in [-0.39, 0.29) is 0 Å². The van der Waals surface area contributed by atoms with E-state index in [1.165, 1.54) is 37.3 Å². The minimum absolute atomic E-state index is 0.641. The lowest BCUT2D eigenvalue weighted by Gasteiger charge is -2.35. The molecule has 0 aliphatic carbocycles. The van der Waals surface area contributed by atoms with Gasteiger partial charge < -0.3 is 4.90 Å². The summed E-state index contributed by atoms with van der Waals surface area (Å²) in [5, 5.41) is 0. The van der Waals surface area contributed by atoms with Crippen LogP contribution in [0.4, 0.5) is 0 Å². The van der Waals surface area contributed by atoms with E-state index in [1.54, 1.807) is 0 Å². The molecule has 3 nitrogen and oxygen atoms in total. The first kappa shape index (κ1) is 16.2. The van der Waals surface area contributed by atoms with Crippen LogP contribution in [-0.2, 0) is 6.54 Å². The molecule has 1 aliphatic rings. The SMILES string of the molecule is C[C@H](CCN1CCN(Cc2ccccn2)CC1)c1ccccc1. The van der Waals surface area contributed by atoms with E-state index in [4.69, 9.17) is 0 Å². The molecule has 2 aromatic rings. The summed E-state index contributed by atoms with van der Waals surface area (Å²) in [5.74, 6) is 0.641. The number of aromatic nitrogens is 1. The number of nitrogens with zero attached hydrogens (tertiary/aromatic N) is 3. The van der Waals surface area contributed by atoms with Crippen molar-refractivity contribution >= 4 is 0 Å². The van der Waals surface area contributed by atoms with E-state index in [0.29, 0.717) is 5.92 Å². The highest BCUT2D eigenvalue weighted by molar-refractivity contribution is 5.18. The van der Waals surface area contributed by atoms with E-state index >= 15 is 0 Å². The molecule has 23 heavy (non-hydrogen) atoms. The third-order valence-corrected chi connectivity index (χ3v) is 4.82. The minimum Gasteiger partial charge on any atom is -0.301 e. The van der Waals surface area contributed by atoms with Gasteiger partial charge in [0, 0.05) is 38.9 Å². The lowest BCUT2D eigenvalue weighted by Crippen LogP contribution is -2.46. The highest BCUT2D eigenvalue weighted by Crippen LogP contribution is 2.19. The zero-order valence-electron chi connectivity index (χ0n) is 14.1. The molecule has 1 fully saturated rings. The third-order valence-electron chi connectivity index (χ3n) is 4.82. The highest BCUT2D eigenvalue weighted by Gasteiger charge is 2.17. The number of hydrogen-bond donors (Lipinski definition) is 0. The van der Waals surface area contributed by atoms with Crippen LogP contribution >= 0.6 is 0 Å². The van der Waals surface area contributed by atoms with Crippen LogP contribution in [0, 0.1) is 0 Å². The Balaban J connectivity index is 1.39. The van der Waals surface area contributed by atoms with Crippen molar-refractivity contribution in [1.29, 1.82) is 0 Å². The molecule has 1 aromatic carbocycles. The summed E-state index contributed by atoms with van der Waals surface area (Å²) in [4.78, 5) is 9.55. The molecule has 2 heterocycles. The van der Waals surface area contributed by atoms with Crippen LogP contribution in [0.25, 0.3) is 0 Å². The van der Waals surface area contributed by atoms with E-state index < -0.39 is 0 Å². The first-order chi connectivity index (χ1) is 11.3. The van der Waals surface area contributed by atoms with Gasteiger partial charge in [-0.25, -0.2) is 0 Å². The zero-order chi connectivity index (χ0) is 15.9. The van der Waals surface area contributed by atoms with Crippen molar-refractivity contribution in [3.8, 4) is 0 Å². The molecule has 0 radical (unpaired) electrons. The molecule has 0 bridgehead atoms. The maximum absolute atomic E-state index is 4.43. The molecule has 0 spiro atoms. The van der Waals surface area contributed by atoms with Gasteiger partial charge >= 0.3 is 0 Å². The number of pyridine rings is 1. The van der Waals surface area contributed by atoms with Crippen LogP contribution in [0.15, 0.2) is 54.7 Å². The summed E-state index contributed by atoms with van der Waals surface area (Å²) in [6.45, 7) is 9.17. The second-order valence-electron chi connectivity index (χ2n) is 6.54. The molecular formula is C20H27N3. The van der Waals surface area contributed by atoms with Crippen molar-refractivity contribution in [2.75, 3.05) is 32.7 Å². The van der Waals surface area contributed by atoms with Gasteiger partial charge in [-0.2, -0.15) is 0 Å². The standard InChI is InChI=1S/C20H27N3/c1-18(19-7-3-2-4-8-19)10-12-22-13-15-23(16-14-22)17-20-9-5-6-11-21-20/h2-9,11,18H,10,12-17H2,1H3/t18-/m1/s1. The number of piperazine rings is 1. The fourth-order valence-electron chi connectivity index (χ4n) is 3.22. The summed E-state index contributed by atoms with van der Waals surface area (Å²) < 4.78 is 0. The predicted molar refractivity (Wildman–Crippen MR) is 95.4 cm³/mol. The minimum atomic E-state index is 0.641. The second-order valence-corrected chi connectivity index (χ2v) is 6.54. The first-order valence-electron chi connectivity index (χ1n) is 8.71. The number of rotatable bonds is 6. The Morgan fingerprint density at radius 3 is 2.30 bits per heavy atom. The maximum Gasteiger partial charge on any atom is 0.0543 e. The van der Waals surface area contributed by atoms with Gasteiger partial charge in [-0.1, -0.05) is 43.3 Å². The van der Waals surface area contributed by atoms with Gasteiger partial charge in [0.25, 0.3) is 0 Å². The maximum atomic E-state index is 4.43. The van der Waals surface area contributed by atoms with Gasteiger partial charge in [-0.05, 0) is 36.6 Å². The van der Waals surface area contributed by atoms with Crippen molar-refractivity contribution in [2.24, 2.45) is 0 Å². The molecular weight excluding hydrogens is 282 g/mol. The predicted octanol–water partition coefficient (Wildman–Crippen LogP) is 3.39. The monoisotopic (exact) mass is 309 g/mol. The smallest absolute Gasteiger partial charge is 0.0543 e. The van der Waals surface area contributed by atoms with E-state index in [0.717, 1.165) is 19.6 Å². The molecule has 3 heteroatoms. The van der Waals surface area contributed by atoms with Crippen LogP contribution in [0.2, 0.25) is 0 Å². The molecule has 1 atom stereocenters. The van der Waals surface area contributed by atoms with Gasteiger partial charge in [-0.15, -0.1) is 0 Å². The fraction of sp³-hybridized carbons (Fsp3) is 0.450. The van der Waals surface area contributed by atoms with Gasteiger partial charge in [0.2, 0.25) is 0 Å². The Bertz CT molecular complexity index is 562. The van der Waals surface area contributed by atoms with Crippen molar-refractivity contribution in [3.63, 3.8) is 0 Å². The quantitative estimate of drug-likeness (QED) is 0.815. The zero-order valence-corrected chi connectivity index (χ0v) is 14.1. The van der Waals surface area contributed by atoms with Gasteiger partial charge in [0.05, 0.1) is 5.69 Å². The van der Waals surface area contributed by atoms with Crippen LogP contribution in [0.5, 0.6) is 0 Å². The van der Waals surface area contributed by atoms with Gasteiger partial charge in [0.1, 0.15) is 0 Å².